The number of nitriles is 1. The number of amides is 1. The van der Waals surface area contributed by atoms with E-state index in [1.807, 2.05) is 17.5 Å². The number of ether oxygens (including phenoxy) is 1. The zero-order valence-corrected chi connectivity index (χ0v) is 15.0. The summed E-state index contributed by atoms with van der Waals surface area (Å²) < 4.78 is 4.97. The van der Waals surface area contributed by atoms with Crippen molar-refractivity contribution in [3.63, 3.8) is 0 Å². The van der Waals surface area contributed by atoms with Gasteiger partial charge in [-0.05, 0) is 29.6 Å². The van der Waals surface area contributed by atoms with Gasteiger partial charge in [0.1, 0.15) is 16.2 Å². The fourth-order valence-electron chi connectivity index (χ4n) is 2.06. The number of esters is 1. The average Bonchev–Trinajstić information content (AvgIpc) is 3.14. The van der Waals surface area contributed by atoms with Gasteiger partial charge in [0.2, 0.25) is 0 Å². The monoisotopic (exact) mass is 384 g/mol. The maximum absolute atomic E-state index is 11.8. The number of carbonyl (C=O) groups is 2. The highest BCUT2D eigenvalue weighted by Gasteiger charge is 2.11. The molecule has 3 aromatic rings. The summed E-state index contributed by atoms with van der Waals surface area (Å²) >= 11 is 2.74. The number of thiophene rings is 1. The van der Waals surface area contributed by atoms with E-state index < -0.39 is 18.5 Å². The average molecular weight is 384 g/mol. The Morgan fingerprint density at radius 3 is 3.04 bits per heavy atom. The first-order valence-electron chi connectivity index (χ1n) is 7.42. The Morgan fingerprint density at radius 2 is 2.19 bits per heavy atom. The van der Waals surface area contributed by atoms with E-state index >= 15 is 0 Å². The topological polar surface area (TPSA) is 105 Å². The van der Waals surface area contributed by atoms with Crippen molar-refractivity contribution >= 4 is 50.9 Å². The van der Waals surface area contributed by atoms with Crippen LogP contribution in [-0.4, -0.2) is 34.2 Å². The Bertz CT molecular complexity index is 997. The highest BCUT2D eigenvalue weighted by Crippen LogP contribution is 2.27. The van der Waals surface area contributed by atoms with Gasteiger partial charge in [-0.15, -0.1) is 11.3 Å². The summed E-state index contributed by atoms with van der Waals surface area (Å²) in [6.07, 6.45) is 1.45. The standard InChI is InChI=1S/C17H12N4O3S2/c18-7-11-2-1-3-12(6-11)21-14(22)8-24-15(23)9-26-17-13-4-5-25-16(13)19-10-20-17/h1-6,10H,8-9H2,(H,21,22). The molecule has 0 saturated carbocycles. The molecule has 1 aromatic carbocycles. The quantitative estimate of drug-likeness (QED) is 0.396. The summed E-state index contributed by atoms with van der Waals surface area (Å²) in [5.74, 6) is -0.947. The van der Waals surface area contributed by atoms with E-state index in [2.05, 4.69) is 15.3 Å². The predicted octanol–water partition coefficient (Wildman–Crippen LogP) is 2.84. The van der Waals surface area contributed by atoms with Crippen LogP contribution in [0.15, 0.2) is 47.1 Å². The van der Waals surface area contributed by atoms with Crippen molar-refractivity contribution in [1.29, 1.82) is 5.26 Å². The van der Waals surface area contributed by atoms with Crippen molar-refractivity contribution in [1.82, 2.24) is 9.97 Å². The molecule has 0 spiro atoms. The van der Waals surface area contributed by atoms with Gasteiger partial charge in [0, 0.05) is 11.1 Å². The lowest BCUT2D eigenvalue weighted by Crippen LogP contribution is -2.21. The minimum atomic E-state index is -0.516. The number of nitrogens with zero attached hydrogens (tertiary/aromatic N) is 3. The third-order valence-corrected chi connectivity index (χ3v) is 4.99. The number of thioether (sulfide) groups is 1. The number of hydrogen-bond donors (Lipinski definition) is 1. The molecule has 0 atom stereocenters. The molecular weight excluding hydrogens is 372 g/mol. The van der Waals surface area contributed by atoms with Gasteiger partial charge < -0.3 is 10.1 Å². The normalized spacial score (nSPS) is 10.3. The molecule has 3 rings (SSSR count). The minimum absolute atomic E-state index is 0.0408. The lowest BCUT2D eigenvalue weighted by atomic mass is 10.2. The molecule has 0 saturated heterocycles. The van der Waals surface area contributed by atoms with Crippen molar-refractivity contribution in [2.45, 2.75) is 5.03 Å². The molecule has 26 heavy (non-hydrogen) atoms. The summed E-state index contributed by atoms with van der Waals surface area (Å²) in [6, 6.07) is 10.4. The third-order valence-electron chi connectivity index (χ3n) is 3.19. The number of hydrogen-bond acceptors (Lipinski definition) is 8. The van der Waals surface area contributed by atoms with Crippen LogP contribution in [0.5, 0.6) is 0 Å². The van der Waals surface area contributed by atoms with E-state index in [4.69, 9.17) is 10.00 Å². The summed E-state index contributed by atoms with van der Waals surface area (Å²) in [5, 5.41) is 14.9. The molecule has 0 aliphatic heterocycles. The van der Waals surface area contributed by atoms with Crippen LogP contribution in [-0.2, 0) is 14.3 Å². The minimum Gasteiger partial charge on any atom is -0.455 e. The third kappa shape index (κ3) is 4.56. The Labute approximate surface area is 157 Å². The van der Waals surface area contributed by atoms with Crippen molar-refractivity contribution in [2.24, 2.45) is 0 Å². The zero-order valence-electron chi connectivity index (χ0n) is 13.3. The van der Waals surface area contributed by atoms with E-state index in [-0.39, 0.29) is 5.75 Å². The summed E-state index contributed by atoms with van der Waals surface area (Å²) in [4.78, 5) is 32.8. The molecule has 0 bridgehead atoms. The Balaban J connectivity index is 1.47. The van der Waals surface area contributed by atoms with Crippen LogP contribution in [0, 0.1) is 11.3 Å². The Hall–Kier alpha value is -2.96. The second-order valence-corrected chi connectivity index (χ2v) is 6.87. The lowest BCUT2D eigenvalue weighted by molar-refractivity contribution is -0.144. The van der Waals surface area contributed by atoms with Crippen LogP contribution in [0.4, 0.5) is 5.69 Å². The maximum Gasteiger partial charge on any atom is 0.316 e. The van der Waals surface area contributed by atoms with E-state index in [0.29, 0.717) is 16.3 Å². The second-order valence-electron chi connectivity index (χ2n) is 5.01. The van der Waals surface area contributed by atoms with Gasteiger partial charge >= 0.3 is 5.97 Å². The fourth-order valence-corrected chi connectivity index (χ4v) is 3.64. The van der Waals surface area contributed by atoms with Crippen LogP contribution in [0.3, 0.4) is 0 Å². The Morgan fingerprint density at radius 1 is 1.31 bits per heavy atom. The van der Waals surface area contributed by atoms with Crippen LogP contribution in [0.1, 0.15) is 5.56 Å². The van der Waals surface area contributed by atoms with E-state index in [1.54, 1.807) is 18.2 Å². The van der Waals surface area contributed by atoms with Gasteiger partial charge in [0.05, 0.1) is 17.4 Å². The number of carbonyl (C=O) groups excluding carboxylic acids is 2. The number of benzene rings is 1. The van der Waals surface area contributed by atoms with Gasteiger partial charge in [-0.2, -0.15) is 5.26 Å². The largest absolute Gasteiger partial charge is 0.455 e. The molecule has 1 amide bonds. The number of nitrogens with one attached hydrogen (secondary N) is 1. The van der Waals surface area contributed by atoms with E-state index in [1.165, 1.54) is 35.5 Å². The zero-order chi connectivity index (χ0) is 18.4. The highest BCUT2D eigenvalue weighted by atomic mass is 32.2. The summed E-state index contributed by atoms with van der Waals surface area (Å²) in [7, 11) is 0. The number of aromatic nitrogens is 2. The SMILES string of the molecule is N#Cc1cccc(NC(=O)COC(=O)CSc2ncnc3sccc23)c1. The number of rotatable bonds is 6. The van der Waals surface area contributed by atoms with Gasteiger partial charge in [0.15, 0.2) is 6.61 Å². The molecule has 0 aliphatic rings. The highest BCUT2D eigenvalue weighted by molar-refractivity contribution is 8.00. The van der Waals surface area contributed by atoms with E-state index in [0.717, 1.165) is 10.2 Å². The van der Waals surface area contributed by atoms with Crippen LogP contribution in [0.2, 0.25) is 0 Å². The van der Waals surface area contributed by atoms with Crippen LogP contribution in [0.25, 0.3) is 10.2 Å². The van der Waals surface area contributed by atoms with Gasteiger partial charge in [-0.1, -0.05) is 17.8 Å². The van der Waals surface area contributed by atoms with Gasteiger partial charge in [0.25, 0.3) is 5.91 Å². The molecule has 0 fully saturated rings. The van der Waals surface area contributed by atoms with Crippen LogP contribution >= 0.6 is 23.1 Å². The molecule has 0 aliphatic carbocycles. The molecular formula is C17H12N4O3S2. The lowest BCUT2D eigenvalue weighted by Gasteiger charge is -2.07. The first-order chi connectivity index (χ1) is 12.7. The second kappa shape index (κ2) is 8.42. The van der Waals surface area contributed by atoms with Crippen LogP contribution < -0.4 is 5.32 Å². The fraction of sp³-hybridized carbons (Fsp3) is 0.118. The van der Waals surface area contributed by atoms with Crippen molar-refractivity contribution in [3.05, 3.63) is 47.6 Å². The molecule has 2 aromatic heterocycles. The molecule has 0 radical (unpaired) electrons. The molecule has 9 heteroatoms. The molecule has 0 unspecified atom stereocenters. The summed E-state index contributed by atoms with van der Waals surface area (Å²) in [5.41, 5.74) is 0.904. The number of fused-ring (bicyclic) bond motifs is 1. The van der Waals surface area contributed by atoms with Gasteiger partial charge in [-0.25, -0.2) is 9.97 Å². The first-order valence-corrected chi connectivity index (χ1v) is 9.29. The molecule has 7 nitrogen and oxygen atoms in total. The van der Waals surface area contributed by atoms with Gasteiger partial charge in [-0.3, -0.25) is 9.59 Å². The van der Waals surface area contributed by atoms with Crippen molar-refractivity contribution in [2.75, 3.05) is 17.7 Å². The van der Waals surface area contributed by atoms with E-state index in [9.17, 15) is 9.59 Å². The molecule has 1 N–H and O–H groups in total. The predicted molar refractivity (Wildman–Crippen MR) is 98.9 cm³/mol. The summed E-state index contributed by atoms with van der Waals surface area (Å²) in [6.45, 7) is -0.395. The molecule has 130 valence electrons. The van der Waals surface area contributed by atoms with Crippen molar-refractivity contribution in [3.8, 4) is 6.07 Å². The Kier molecular flexibility index (Phi) is 5.78. The van der Waals surface area contributed by atoms with Crippen molar-refractivity contribution < 1.29 is 14.3 Å². The molecule has 2 heterocycles. The first kappa shape index (κ1) is 17.8. The smallest absolute Gasteiger partial charge is 0.316 e. The number of anilines is 1. The maximum atomic E-state index is 11.8.